The molecule has 4 heterocycles. The van der Waals surface area contributed by atoms with Crippen molar-refractivity contribution in [3.05, 3.63) is 82.6 Å². The van der Waals surface area contributed by atoms with Gasteiger partial charge in [-0.25, -0.2) is 23.1 Å². The molecule has 0 unspecified atom stereocenters. The number of hydrogen-bond donors (Lipinski definition) is 0. The number of halogens is 2. The van der Waals surface area contributed by atoms with Gasteiger partial charge < -0.3 is 9.80 Å². The van der Waals surface area contributed by atoms with E-state index in [-0.39, 0.29) is 40.6 Å². The summed E-state index contributed by atoms with van der Waals surface area (Å²) < 4.78 is 33.3. The number of piperazine rings is 1. The molecule has 6 rings (SSSR count). The van der Waals surface area contributed by atoms with Gasteiger partial charge in [0.1, 0.15) is 17.3 Å². The van der Waals surface area contributed by atoms with Crippen LogP contribution in [0.2, 0.25) is 0 Å². The Balaban J connectivity index is 1.61. The minimum atomic E-state index is -0.714. The van der Waals surface area contributed by atoms with Gasteiger partial charge in [0.25, 0.3) is 0 Å². The lowest BCUT2D eigenvalue weighted by atomic mass is 10.0. The van der Waals surface area contributed by atoms with Gasteiger partial charge in [-0.15, -0.1) is 11.8 Å². The first-order chi connectivity index (χ1) is 21.6. The van der Waals surface area contributed by atoms with Gasteiger partial charge in [0, 0.05) is 42.5 Å². The van der Waals surface area contributed by atoms with Crippen LogP contribution in [-0.4, -0.2) is 61.8 Å². The zero-order valence-electron chi connectivity index (χ0n) is 25.9. The molecule has 45 heavy (non-hydrogen) atoms. The number of carbonyl (C=O) groups excluding carboxylic acids is 1. The van der Waals surface area contributed by atoms with Crippen LogP contribution in [0.25, 0.3) is 28.0 Å². The molecule has 1 saturated heterocycles. The van der Waals surface area contributed by atoms with E-state index >= 15 is 8.78 Å². The summed E-state index contributed by atoms with van der Waals surface area (Å²) in [6, 6.07) is 7.60. The highest BCUT2D eigenvalue weighted by molar-refractivity contribution is 7.99. The number of thioether (sulfide) groups is 1. The Hall–Kier alpha value is -4.12. The van der Waals surface area contributed by atoms with Crippen molar-refractivity contribution in [1.82, 2.24) is 24.4 Å². The second-order valence-electron chi connectivity index (χ2n) is 12.2. The first kappa shape index (κ1) is 30.9. The topological polar surface area (TPSA) is 84.2 Å². The van der Waals surface area contributed by atoms with Crippen LogP contribution < -0.4 is 10.6 Å². The molecule has 1 amide bonds. The maximum absolute atomic E-state index is 16.3. The molecule has 8 nitrogen and oxygen atoms in total. The van der Waals surface area contributed by atoms with Gasteiger partial charge in [-0.1, -0.05) is 26.5 Å². The van der Waals surface area contributed by atoms with E-state index in [9.17, 15) is 9.59 Å². The van der Waals surface area contributed by atoms with E-state index in [4.69, 9.17) is 4.98 Å². The minimum absolute atomic E-state index is 0.0473. The molecule has 1 aliphatic heterocycles. The Labute approximate surface area is 265 Å². The molecule has 2 fully saturated rings. The van der Waals surface area contributed by atoms with Crippen LogP contribution in [-0.2, 0) is 4.79 Å². The predicted octanol–water partition coefficient (Wildman–Crippen LogP) is 6.28. The summed E-state index contributed by atoms with van der Waals surface area (Å²) in [7, 11) is 0. The number of benzene rings is 1. The van der Waals surface area contributed by atoms with E-state index in [1.165, 1.54) is 34.5 Å². The first-order valence-corrected chi connectivity index (χ1v) is 16.3. The molecule has 0 bridgehead atoms. The zero-order valence-corrected chi connectivity index (χ0v) is 26.7. The fraction of sp³-hybridized carbons (Fsp3) is 0.382. The number of aryl methyl sites for hydroxylation is 1. The van der Waals surface area contributed by atoms with Crippen molar-refractivity contribution >= 4 is 34.5 Å². The Bertz CT molecular complexity index is 1870. The van der Waals surface area contributed by atoms with Crippen LogP contribution in [0.15, 0.2) is 58.9 Å². The summed E-state index contributed by atoms with van der Waals surface area (Å²) in [6.45, 7) is 12.5. The summed E-state index contributed by atoms with van der Waals surface area (Å²) in [5.41, 5.74) is 1.45. The van der Waals surface area contributed by atoms with Crippen LogP contribution in [0, 0.1) is 24.5 Å². The van der Waals surface area contributed by atoms with Crippen molar-refractivity contribution in [1.29, 1.82) is 0 Å². The molecular weight excluding hydrogens is 594 g/mol. The van der Waals surface area contributed by atoms with E-state index in [1.54, 1.807) is 29.3 Å². The lowest BCUT2D eigenvalue weighted by Gasteiger charge is -2.40. The molecular formula is C34H36F2N6O2S. The van der Waals surface area contributed by atoms with Gasteiger partial charge in [0.2, 0.25) is 5.91 Å². The number of carbonyl (C=O) groups is 1. The third-order valence-electron chi connectivity index (χ3n) is 8.50. The Kier molecular flexibility index (Phi) is 8.47. The molecule has 1 aliphatic carbocycles. The quantitative estimate of drug-likeness (QED) is 0.167. The van der Waals surface area contributed by atoms with Gasteiger partial charge in [0.05, 0.1) is 22.3 Å². The van der Waals surface area contributed by atoms with Crippen LogP contribution >= 0.6 is 11.8 Å². The molecule has 0 radical (unpaired) electrons. The molecule has 3 aromatic heterocycles. The van der Waals surface area contributed by atoms with Gasteiger partial charge >= 0.3 is 5.69 Å². The normalized spacial score (nSPS) is 16.9. The second kappa shape index (κ2) is 12.3. The largest absolute Gasteiger partial charge is 0.355 e. The third kappa shape index (κ3) is 5.85. The van der Waals surface area contributed by atoms with Crippen molar-refractivity contribution in [2.75, 3.05) is 30.3 Å². The fourth-order valence-electron chi connectivity index (χ4n) is 5.93. The van der Waals surface area contributed by atoms with Crippen LogP contribution in [0.5, 0.6) is 0 Å². The molecule has 1 saturated carbocycles. The average molecular weight is 631 g/mol. The molecule has 1 aromatic carbocycles. The number of aromatic nitrogens is 4. The number of hydrogen-bond acceptors (Lipinski definition) is 7. The highest BCUT2D eigenvalue weighted by Crippen LogP contribution is 2.41. The van der Waals surface area contributed by atoms with Crippen molar-refractivity contribution in [2.45, 2.75) is 57.4 Å². The number of nitrogens with zero attached hydrogens (tertiary/aromatic N) is 6. The van der Waals surface area contributed by atoms with Crippen molar-refractivity contribution in [3.8, 4) is 16.9 Å². The van der Waals surface area contributed by atoms with Crippen LogP contribution in [0.4, 0.5) is 14.6 Å². The second-order valence-corrected chi connectivity index (χ2v) is 13.2. The summed E-state index contributed by atoms with van der Waals surface area (Å²) in [4.78, 5) is 44.5. The predicted molar refractivity (Wildman–Crippen MR) is 174 cm³/mol. The molecule has 11 heteroatoms. The first-order valence-electron chi connectivity index (χ1n) is 15.3. The van der Waals surface area contributed by atoms with Crippen molar-refractivity contribution < 1.29 is 13.6 Å². The zero-order chi connectivity index (χ0) is 32.0. The number of anilines is 1. The van der Waals surface area contributed by atoms with Gasteiger partial charge in [0.15, 0.2) is 11.5 Å². The SMILES string of the molecule is C=CC(=O)N1CCN(c2nc(=O)n(-c3c(C)ccnc3C(C)C)c3nc(-c4c(F)cccc4SCC4CC4)c(F)cc23)[C@@H](C)C1. The molecule has 1 atom stereocenters. The van der Waals surface area contributed by atoms with Gasteiger partial charge in [-0.05, 0) is 74.4 Å². The number of pyridine rings is 2. The maximum atomic E-state index is 16.3. The van der Waals surface area contributed by atoms with Crippen molar-refractivity contribution in [2.24, 2.45) is 5.92 Å². The molecule has 0 N–H and O–H groups in total. The van der Waals surface area contributed by atoms with E-state index in [1.807, 2.05) is 32.6 Å². The minimum Gasteiger partial charge on any atom is -0.350 e. The lowest BCUT2D eigenvalue weighted by Crippen LogP contribution is -2.54. The lowest BCUT2D eigenvalue weighted by molar-refractivity contribution is -0.126. The monoisotopic (exact) mass is 630 g/mol. The molecule has 234 valence electrons. The highest BCUT2D eigenvalue weighted by atomic mass is 32.2. The van der Waals surface area contributed by atoms with Gasteiger partial charge in [-0.2, -0.15) is 4.98 Å². The summed E-state index contributed by atoms with van der Waals surface area (Å²) in [5, 5.41) is 0.313. The standard InChI is InChI=1S/C34H36F2N6O2S/c1-6-27(43)40-14-15-41(21(5)17-40)32-23-16-25(36)30(28-24(35)8-7-9-26(28)45-18-22-10-11-22)38-33(23)42(34(44)39-32)31-20(4)12-13-37-29(31)19(2)3/h6-9,12-13,16,19,21-22H,1,10-11,14-15,17-18H2,2-5H3/t21-/m0/s1. The highest BCUT2D eigenvalue weighted by Gasteiger charge is 2.31. The van der Waals surface area contributed by atoms with E-state index in [2.05, 4.69) is 16.5 Å². The average Bonchev–Trinajstić information content (AvgIpc) is 3.84. The molecule has 4 aromatic rings. The molecule has 0 spiro atoms. The van der Waals surface area contributed by atoms with Crippen LogP contribution in [0.1, 0.15) is 50.8 Å². The van der Waals surface area contributed by atoms with E-state index < -0.39 is 17.3 Å². The number of amides is 1. The Morgan fingerprint density at radius 1 is 1.16 bits per heavy atom. The molecule has 2 aliphatic rings. The Morgan fingerprint density at radius 3 is 2.62 bits per heavy atom. The summed E-state index contributed by atoms with van der Waals surface area (Å²) in [5.74, 6) is 0.138. The number of rotatable bonds is 8. The number of fused-ring (bicyclic) bond motifs is 1. The van der Waals surface area contributed by atoms with Gasteiger partial charge in [-0.3, -0.25) is 9.78 Å². The maximum Gasteiger partial charge on any atom is 0.355 e. The van der Waals surface area contributed by atoms with Crippen LogP contribution in [0.3, 0.4) is 0 Å². The summed E-state index contributed by atoms with van der Waals surface area (Å²) in [6.07, 6.45) is 5.25. The summed E-state index contributed by atoms with van der Waals surface area (Å²) >= 11 is 1.50. The fourth-order valence-corrected chi connectivity index (χ4v) is 7.20. The smallest absolute Gasteiger partial charge is 0.350 e. The van der Waals surface area contributed by atoms with E-state index in [0.717, 1.165) is 24.2 Å². The third-order valence-corrected chi connectivity index (χ3v) is 9.78. The Morgan fingerprint density at radius 2 is 1.93 bits per heavy atom. The van der Waals surface area contributed by atoms with E-state index in [0.29, 0.717) is 47.2 Å². The van der Waals surface area contributed by atoms with Crippen molar-refractivity contribution in [3.63, 3.8) is 0 Å².